The molecule has 0 unspecified atom stereocenters. The van der Waals surface area contributed by atoms with Crippen LogP contribution in [-0.4, -0.2) is 63.7 Å². The zero-order valence-electron chi connectivity index (χ0n) is 14.9. The van der Waals surface area contributed by atoms with E-state index in [0.29, 0.717) is 12.5 Å². The summed E-state index contributed by atoms with van der Waals surface area (Å²) in [5.74, 6) is 0.396. The van der Waals surface area contributed by atoms with Crippen LogP contribution in [0.2, 0.25) is 0 Å². The maximum atomic E-state index is 12.3. The van der Waals surface area contributed by atoms with Crippen LogP contribution in [0.3, 0.4) is 0 Å². The summed E-state index contributed by atoms with van der Waals surface area (Å²) < 4.78 is 25.5. The Hall–Kier alpha value is -1.61. The van der Waals surface area contributed by atoms with Crippen molar-refractivity contribution in [2.45, 2.75) is 24.7 Å². The van der Waals surface area contributed by atoms with Crippen LogP contribution in [0, 0.1) is 0 Å². The lowest BCUT2D eigenvalue weighted by molar-refractivity contribution is -0.128. The third-order valence-corrected chi connectivity index (χ3v) is 6.27. The number of hydrogen-bond acceptors (Lipinski definition) is 4. The monoisotopic (exact) mass is 444 g/mol. The zero-order chi connectivity index (χ0) is 19.0. The van der Waals surface area contributed by atoms with Gasteiger partial charge in [-0.3, -0.25) is 4.79 Å². The minimum absolute atomic E-state index is 0.00203. The number of halogens is 1. The molecule has 0 saturated carbocycles. The Morgan fingerprint density at radius 3 is 2.46 bits per heavy atom. The summed E-state index contributed by atoms with van der Waals surface area (Å²) in [6.45, 7) is 4.41. The first kappa shape index (κ1) is 20.7. The summed E-state index contributed by atoms with van der Waals surface area (Å²) in [5, 5.41) is 6.01. The third kappa shape index (κ3) is 6.28. The predicted molar refractivity (Wildman–Crippen MR) is 106 cm³/mol. The van der Waals surface area contributed by atoms with Gasteiger partial charge < -0.3 is 15.5 Å². The van der Waals surface area contributed by atoms with E-state index >= 15 is 0 Å². The molecule has 9 heteroatoms. The van der Waals surface area contributed by atoms with E-state index in [9.17, 15) is 13.2 Å². The molecule has 0 aromatic heterocycles. The molecule has 144 valence electrons. The number of nitrogens with zero attached hydrogens (tertiary/aromatic N) is 2. The first-order chi connectivity index (χ1) is 12.4. The van der Waals surface area contributed by atoms with Crippen molar-refractivity contribution in [3.63, 3.8) is 0 Å². The Balaban J connectivity index is 1.87. The lowest BCUT2D eigenvalue weighted by atomic mass is 10.4. The van der Waals surface area contributed by atoms with E-state index in [2.05, 4.69) is 31.6 Å². The Morgan fingerprint density at radius 1 is 1.19 bits per heavy atom. The van der Waals surface area contributed by atoms with Crippen LogP contribution in [0.4, 0.5) is 0 Å². The molecule has 0 radical (unpaired) electrons. The number of carbonyl (C=O) groups is 1. The van der Waals surface area contributed by atoms with Gasteiger partial charge in [0.15, 0.2) is 15.8 Å². The number of likely N-dealkylation sites (tertiary alicyclic amines) is 1. The molecule has 2 N–H and O–H groups in total. The highest BCUT2D eigenvalue weighted by molar-refractivity contribution is 9.10. The molecule has 26 heavy (non-hydrogen) atoms. The van der Waals surface area contributed by atoms with Crippen LogP contribution in [0.15, 0.2) is 38.6 Å². The van der Waals surface area contributed by atoms with Crippen LogP contribution in [-0.2, 0) is 14.6 Å². The van der Waals surface area contributed by atoms with E-state index in [4.69, 9.17) is 0 Å². The second-order valence-corrected chi connectivity index (χ2v) is 9.01. The summed E-state index contributed by atoms with van der Waals surface area (Å²) in [6, 6.07) is 6.56. The van der Waals surface area contributed by atoms with Crippen molar-refractivity contribution in [3.8, 4) is 0 Å². The molecule has 1 heterocycles. The van der Waals surface area contributed by atoms with Crippen molar-refractivity contribution in [1.29, 1.82) is 0 Å². The second kappa shape index (κ2) is 9.91. The maximum Gasteiger partial charge on any atom is 0.244 e. The highest BCUT2D eigenvalue weighted by atomic mass is 79.9. The molecule has 1 fully saturated rings. The Labute approximate surface area is 163 Å². The van der Waals surface area contributed by atoms with Gasteiger partial charge in [-0.15, -0.1) is 0 Å². The van der Waals surface area contributed by atoms with E-state index in [-0.39, 0.29) is 29.6 Å². The summed E-state index contributed by atoms with van der Waals surface area (Å²) in [4.78, 5) is 18.4. The lowest BCUT2D eigenvalue weighted by Crippen LogP contribution is -2.40. The van der Waals surface area contributed by atoms with Gasteiger partial charge in [-0.05, 0) is 44.0 Å². The van der Waals surface area contributed by atoms with Crippen molar-refractivity contribution in [2.24, 2.45) is 4.99 Å². The van der Waals surface area contributed by atoms with Gasteiger partial charge in [0.1, 0.15) is 6.54 Å². The average Bonchev–Trinajstić information content (AvgIpc) is 3.14. The molecule has 0 bridgehead atoms. The largest absolute Gasteiger partial charge is 0.357 e. The number of rotatable bonds is 7. The molecule has 1 aromatic rings. The molecular weight excluding hydrogens is 420 g/mol. The van der Waals surface area contributed by atoms with E-state index in [1.54, 1.807) is 24.3 Å². The van der Waals surface area contributed by atoms with Crippen molar-refractivity contribution in [3.05, 3.63) is 28.7 Å². The van der Waals surface area contributed by atoms with Crippen molar-refractivity contribution < 1.29 is 13.2 Å². The molecule has 0 atom stereocenters. The summed E-state index contributed by atoms with van der Waals surface area (Å²) in [5.41, 5.74) is 0. The summed E-state index contributed by atoms with van der Waals surface area (Å²) >= 11 is 3.29. The highest BCUT2D eigenvalue weighted by Gasteiger charge is 2.17. The number of guanidine groups is 1. The Bertz CT molecular complexity index is 729. The molecule has 0 aliphatic carbocycles. The van der Waals surface area contributed by atoms with E-state index in [1.807, 2.05) is 11.8 Å². The number of nitrogens with one attached hydrogen (secondary N) is 2. The van der Waals surface area contributed by atoms with Gasteiger partial charge in [0.05, 0.1) is 10.6 Å². The molecule has 1 aliphatic heterocycles. The molecule has 2 rings (SSSR count). The van der Waals surface area contributed by atoms with Gasteiger partial charge in [-0.25, -0.2) is 13.4 Å². The number of amides is 1. The van der Waals surface area contributed by atoms with Crippen LogP contribution in [0.25, 0.3) is 0 Å². The maximum absolute atomic E-state index is 12.3. The smallest absolute Gasteiger partial charge is 0.244 e. The normalized spacial score (nSPS) is 15.2. The van der Waals surface area contributed by atoms with Gasteiger partial charge in [0.2, 0.25) is 5.91 Å². The number of benzene rings is 1. The number of sulfone groups is 1. The second-order valence-electron chi connectivity index (χ2n) is 5.98. The van der Waals surface area contributed by atoms with Gasteiger partial charge in [0, 0.05) is 30.7 Å². The fourth-order valence-corrected chi connectivity index (χ4v) is 4.04. The zero-order valence-corrected chi connectivity index (χ0v) is 17.3. The van der Waals surface area contributed by atoms with Crippen molar-refractivity contribution in [1.82, 2.24) is 15.5 Å². The minimum Gasteiger partial charge on any atom is -0.357 e. The van der Waals surface area contributed by atoms with E-state index in [1.165, 1.54) is 0 Å². The SMILES string of the molecule is CCNC(=NCC(=O)N1CCCC1)NCCS(=O)(=O)c1ccc(Br)cc1. The topological polar surface area (TPSA) is 90.9 Å². The lowest BCUT2D eigenvalue weighted by Gasteiger charge is -2.15. The number of carbonyl (C=O) groups excluding carboxylic acids is 1. The first-order valence-electron chi connectivity index (χ1n) is 8.70. The minimum atomic E-state index is -3.37. The summed E-state index contributed by atoms with van der Waals surface area (Å²) in [6.07, 6.45) is 2.09. The molecule has 1 amide bonds. The van der Waals surface area contributed by atoms with Crippen molar-refractivity contribution in [2.75, 3.05) is 38.5 Å². The number of aliphatic imine (C=N–C) groups is 1. The van der Waals surface area contributed by atoms with Gasteiger partial charge >= 0.3 is 0 Å². The first-order valence-corrected chi connectivity index (χ1v) is 11.1. The van der Waals surface area contributed by atoms with Crippen LogP contribution < -0.4 is 10.6 Å². The average molecular weight is 445 g/mol. The number of hydrogen-bond donors (Lipinski definition) is 2. The molecule has 1 aromatic carbocycles. The van der Waals surface area contributed by atoms with Crippen molar-refractivity contribution >= 4 is 37.6 Å². The quantitative estimate of drug-likeness (QED) is 0.489. The van der Waals surface area contributed by atoms with Crippen LogP contribution in [0.1, 0.15) is 19.8 Å². The van der Waals surface area contributed by atoms with Crippen LogP contribution in [0.5, 0.6) is 0 Å². The Kier molecular flexibility index (Phi) is 7.89. The molecule has 1 aliphatic rings. The fourth-order valence-electron chi connectivity index (χ4n) is 2.62. The predicted octanol–water partition coefficient (Wildman–Crippen LogP) is 1.40. The fraction of sp³-hybridized carbons (Fsp3) is 0.529. The van der Waals surface area contributed by atoms with E-state index < -0.39 is 9.84 Å². The summed E-state index contributed by atoms with van der Waals surface area (Å²) in [7, 11) is -3.37. The molecule has 1 saturated heterocycles. The third-order valence-electron chi connectivity index (χ3n) is 4.01. The van der Waals surface area contributed by atoms with Crippen LogP contribution >= 0.6 is 15.9 Å². The van der Waals surface area contributed by atoms with Gasteiger partial charge in [-0.1, -0.05) is 15.9 Å². The van der Waals surface area contributed by atoms with E-state index in [0.717, 1.165) is 30.4 Å². The standard InChI is InChI=1S/C17H25BrN4O3S/c1-2-19-17(21-13-16(23)22-10-3-4-11-22)20-9-12-26(24,25)15-7-5-14(18)6-8-15/h5-8H,2-4,9-13H2,1H3,(H2,19,20,21). The van der Waals surface area contributed by atoms with Gasteiger partial charge in [0.25, 0.3) is 0 Å². The Morgan fingerprint density at radius 2 is 1.85 bits per heavy atom. The molecular formula is C17H25BrN4O3S. The van der Waals surface area contributed by atoms with Gasteiger partial charge in [-0.2, -0.15) is 0 Å². The molecule has 7 nitrogen and oxygen atoms in total. The molecule has 0 spiro atoms. The highest BCUT2D eigenvalue weighted by Crippen LogP contribution is 2.15.